The van der Waals surface area contributed by atoms with Crippen molar-refractivity contribution in [3.05, 3.63) is 64.2 Å². The van der Waals surface area contributed by atoms with E-state index >= 15 is 0 Å². The Morgan fingerprint density at radius 1 is 0.848 bits per heavy atom. The Bertz CT molecular complexity index is 1050. The number of anilines is 1. The van der Waals surface area contributed by atoms with Crippen molar-refractivity contribution in [2.24, 2.45) is 5.92 Å². The molecule has 0 aromatic heterocycles. The summed E-state index contributed by atoms with van der Waals surface area (Å²) in [6, 6.07) is 11.4. The fourth-order valence-corrected chi connectivity index (χ4v) is 4.98. The van der Waals surface area contributed by atoms with Gasteiger partial charge < -0.3 is 15.1 Å². The molecule has 2 aromatic rings. The van der Waals surface area contributed by atoms with Gasteiger partial charge in [0.2, 0.25) is 5.91 Å². The van der Waals surface area contributed by atoms with E-state index in [1.54, 1.807) is 4.90 Å². The first-order chi connectivity index (χ1) is 15.8. The molecule has 2 heterocycles. The number of hydrogen-bond acceptors (Lipinski definition) is 3. The quantitative estimate of drug-likeness (QED) is 0.758. The molecule has 2 aliphatic rings. The first-order valence-corrected chi connectivity index (χ1v) is 11.9. The van der Waals surface area contributed by atoms with Gasteiger partial charge in [0.15, 0.2) is 0 Å². The van der Waals surface area contributed by atoms with E-state index < -0.39 is 0 Å². The number of aryl methyl sites for hydroxylation is 2. The minimum absolute atomic E-state index is 0.0197. The van der Waals surface area contributed by atoms with Crippen molar-refractivity contribution in [1.29, 1.82) is 0 Å². The highest BCUT2D eigenvalue weighted by Gasteiger charge is 2.30. The van der Waals surface area contributed by atoms with E-state index in [2.05, 4.69) is 5.32 Å². The van der Waals surface area contributed by atoms with Crippen LogP contribution in [0.4, 0.5) is 5.69 Å². The number of likely N-dealkylation sites (tertiary alicyclic amines) is 2. The van der Waals surface area contributed by atoms with Gasteiger partial charge in [0.05, 0.1) is 5.92 Å². The first-order valence-electron chi connectivity index (χ1n) is 11.9. The van der Waals surface area contributed by atoms with Crippen LogP contribution in [-0.4, -0.2) is 53.7 Å². The Kier molecular flexibility index (Phi) is 6.82. The molecule has 0 bridgehead atoms. The molecule has 0 aliphatic carbocycles. The predicted molar refractivity (Wildman–Crippen MR) is 129 cm³/mol. The highest BCUT2D eigenvalue weighted by atomic mass is 16.2. The van der Waals surface area contributed by atoms with Crippen molar-refractivity contribution in [1.82, 2.24) is 9.80 Å². The van der Waals surface area contributed by atoms with Gasteiger partial charge in [-0.25, -0.2) is 0 Å². The van der Waals surface area contributed by atoms with E-state index in [0.717, 1.165) is 55.5 Å². The van der Waals surface area contributed by atoms with Gasteiger partial charge in [-0.3, -0.25) is 14.4 Å². The van der Waals surface area contributed by atoms with E-state index in [4.69, 9.17) is 0 Å². The Labute approximate surface area is 196 Å². The molecule has 0 radical (unpaired) electrons. The van der Waals surface area contributed by atoms with Crippen LogP contribution in [0.2, 0.25) is 0 Å². The molecule has 4 rings (SSSR count). The topological polar surface area (TPSA) is 69.7 Å². The fourth-order valence-electron chi connectivity index (χ4n) is 4.98. The maximum absolute atomic E-state index is 13.1. The van der Waals surface area contributed by atoms with E-state index in [-0.39, 0.29) is 23.6 Å². The lowest BCUT2D eigenvalue weighted by molar-refractivity contribution is -0.121. The van der Waals surface area contributed by atoms with E-state index in [1.165, 1.54) is 0 Å². The lowest BCUT2D eigenvalue weighted by atomic mass is 9.95. The zero-order chi connectivity index (χ0) is 23.5. The summed E-state index contributed by atoms with van der Waals surface area (Å²) in [5.41, 5.74) is 4.90. The van der Waals surface area contributed by atoms with E-state index in [0.29, 0.717) is 29.9 Å². The monoisotopic (exact) mass is 447 g/mol. The summed E-state index contributed by atoms with van der Waals surface area (Å²) >= 11 is 0. The number of benzene rings is 2. The highest BCUT2D eigenvalue weighted by molar-refractivity contribution is 6.00. The third kappa shape index (κ3) is 5.10. The SMILES string of the molecule is Cc1cc(C)cc(C(=O)N2CCCC(C(=O)Nc3cccc(C(=O)N4CCCC4)c3C)C2)c1. The van der Waals surface area contributed by atoms with Crippen molar-refractivity contribution >= 4 is 23.4 Å². The first kappa shape index (κ1) is 23.0. The Morgan fingerprint density at radius 2 is 1.52 bits per heavy atom. The molecule has 2 fully saturated rings. The molecule has 6 nitrogen and oxygen atoms in total. The lowest BCUT2D eigenvalue weighted by Gasteiger charge is -2.32. The fraction of sp³-hybridized carbons (Fsp3) is 0.444. The van der Waals surface area contributed by atoms with Gasteiger partial charge in [0.25, 0.3) is 11.8 Å². The molecule has 1 N–H and O–H groups in total. The standard InChI is InChI=1S/C27H33N3O3/c1-18-14-19(2)16-22(15-18)26(32)30-13-7-8-21(17-30)25(31)28-24-10-6-9-23(20(24)3)27(33)29-11-4-5-12-29/h6,9-10,14-16,21H,4-5,7-8,11-13,17H2,1-3H3,(H,28,31). The van der Waals surface area contributed by atoms with Crippen molar-refractivity contribution in [3.8, 4) is 0 Å². The minimum Gasteiger partial charge on any atom is -0.339 e. The molecule has 33 heavy (non-hydrogen) atoms. The Hall–Kier alpha value is -3.15. The van der Waals surface area contributed by atoms with Crippen molar-refractivity contribution in [2.75, 3.05) is 31.5 Å². The summed E-state index contributed by atoms with van der Waals surface area (Å²) in [4.78, 5) is 42.8. The van der Waals surface area contributed by atoms with E-state index in [1.807, 2.05) is 62.1 Å². The molecular formula is C27H33N3O3. The van der Waals surface area contributed by atoms with Crippen molar-refractivity contribution in [3.63, 3.8) is 0 Å². The maximum atomic E-state index is 13.1. The molecule has 2 aliphatic heterocycles. The second-order valence-electron chi connectivity index (χ2n) is 9.43. The van der Waals surface area contributed by atoms with Crippen LogP contribution < -0.4 is 5.32 Å². The molecule has 2 aromatic carbocycles. The molecule has 174 valence electrons. The van der Waals surface area contributed by atoms with Crippen LogP contribution in [0.15, 0.2) is 36.4 Å². The number of carbonyl (C=O) groups excluding carboxylic acids is 3. The normalized spacial score (nSPS) is 18.3. The number of carbonyl (C=O) groups is 3. The Balaban J connectivity index is 1.45. The summed E-state index contributed by atoms with van der Waals surface area (Å²) in [7, 11) is 0. The van der Waals surface area contributed by atoms with Gasteiger partial charge in [0, 0.05) is 43.0 Å². The average Bonchev–Trinajstić information content (AvgIpc) is 3.34. The van der Waals surface area contributed by atoms with Crippen LogP contribution in [-0.2, 0) is 4.79 Å². The third-order valence-corrected chi connectivity index (χ3v) is 6.76. The van der Waals surface area contributed by atoms with Crippen molar-refractivity contribution in [2.45, 2.75) is 46.5 Å². The van der Waals surface area contributed by atoms with Crippen LogP contribution in [0, 0.1) is 26.7 Å². The molecule has 3 amide bonds. The summed E-state index contributed by atoms with van der Waals surface area (Å²) in [6.07, 6.45) is 3.62. The molecule has 6 heteroatoms. The molecule has 0 spiro atoms. The summed E-state index contributed by atoms with van der Waals surface area (Å²) < 4.78 is 0. The van der Waals surface area contributed by atoms with Gasteiger partial charge in [-0.2, -0.15) is 0 Å². The third-order valence-electron chi connectivity index (χ3n) is 6.76. The zero-order valence-electron chi connectivity index (χ0n) is 19.8. The largest absolute Gasteiger partial charge is 0.339 e. The minimum atomic E-state index is -0.272. The number of rotatable bonds is 4. The van der Waals surface area contributed by atoms with Crippen LogP contribution in [0.3, 0.4) is 0 Å². The van der Waals surface area contributed by atoms with Crippen LogP contribution in [0.25, 0.3) is 0 Å². The molecule has 1 atom stereocenters. The zero-order valence-corrected chi connectivity index (χ0v) is 19.8. The van der Waals surface area contributed by atoms with Crippen LogP contribution in [0.1, 0.15) is 63.1 Å². The number of nitrogens with one attached hydrogen (secondary N) is 1. The molecule has 1 unspecified atom stereocenters. The number of nitrogens with zero attached hydrogens (tertiary/aromatic N) is 2. The van der Waals surface area contributed by atoms with Gasteiger partial charge in [0.1, 0.15) is 0 Å². The van der Waals surface area contributed by atoms with Gasteiger partial charge >= 0.3 is 0 Å². The van der Waals surface area contributed by atoms with Gasteiger partial charge in [-0.1, -0.05) is 23.3 Å². The van der Waals surface area contributed by atoms with Crippen LogP contribution >= 0.6 is 0 Å². The smallest absolute Gasteiger partial charge is 0.254 e. The maximum Gasteiger partial charge on any atom is 0.254 e. The van der Waals surface area contributed by atoms with Crippen LogP contribution in [0.5, 0.6) is 0 Å². The number of hydrogen-bond donors (Lipinski definition) is 1. The summed E-state index contributed by atoms with van der Waals surface area (Å²) in [5, 5.41) is 3.04. The van der Waals surface area contributed by atoms with Crippen molar-refractivity contribution < 1.29 is 14.4 Å². The van der Waals surface area contributed by atoms with E-state index in [9.17, 15) is 14.4 Å². The second kappa shape index (κ2) is 9.77. The summed E-state index contributed by atoms with van der Waals surface area (Å²) in [6.45, 7) is 8.51. The molecule has 2 saturated heterocycles. The predicted octanol–water partition coefficient (Wildman–Crippen LogP) is 4.34. The number of amides is 3. The second-order valence-corrected chi connectivity index (χ2v) is 9.43. The van der Waals surface area contributed by atoms with Gasteiger partial charge in [-0.05, 0) is 76.3 Å². The summed E-state index contributed by atoms with van der Waals surface area (Å²) in [5.74, 6) is -0.356. The molecule has 0 saturated carbocycles. The highest BCUT2D eigenvalue weighted by Crippen LogP contribution is 2.25. The Morgan fingerprint density at radius 3 is 2.21 bits per heavy atom. The molecular weight excluding hydrogens is 414 g/mol. The average molecular weight is 448 g/mol. The lowest BCUT2D eigenvalue weighted by Crippen LogP contribution is -2.43. The number of piperidine rings is 1. The van der Waals surface area contributed by atoms with Gasteiger partial charge in [-0.15, -0.1) is 0 Å².